The Morgan fingerprint density at radius 2 is 1.93 bits per heavy atom. The second-order valence-corrected chi connectivity index (χ2v) is 7.67. The number of nitrogens with zero attached hydrogens (tertiary/aromatic N) is 2. The van der Waals surface area contributed by atoms with E-state index in [-0.39, 0.29) is 24.1 Å². The second kappa shape index (κ2) is 7.42. The van der Waals surface area contributed by atoms with E-state index in [0.717, 1.165) is 11.8 Å². The number of benzene rings is 2. The van der Waals surface area contributed by atoms with Gasteiger partial charge in [0.2, 0.25) is 5.96 Å². The maximum Gasteiger partial charge on any atom is 0.302 e. The summed E-state index contributed by atoms with van der Waals surface area (Å²) >= 11 is 6.42. The van der Waals surface area contributed by atoms with Crippen molar-refractivity contribution in [2.45, 2.75) is 18.9 Å². The number of guanidine groups is 1. The molecule has 1 aliphatic heterocycles. The van der Waals surface area contributed by atoms with Gasteiger partial charge in [0.25, 0.3) is 0 Å². The monoisotopic (exact) mass is 420 g/mol. The summed E-state index contributed by atoms with van der Waals surface area (Å²) in [4.78, 5) is 33.3. The zero-order valence-corrected chi connectivity index (χ0v) is 16.5. The number of carbonyl (C=O) groups excluding carboxylic acids is 2. The summed E-state index contributed by atoms with van der Waals surface area (Å²) < 4.78 is 5.73. The molecule has 5 rings (SSSR count). The Hall–Kier alpha value is -3.45. The number of allylic oxidation sites excluding steroid dienone is 1. The molecule has 2 N–H and O–H groups in total. The molecule has 1 aromatic heterocycles. The number of Topliss-reactive ketones (excluding diaryl/α,β-unsaturated/α-hetero) is 1. The third kappa shape index (κ3) is 3.27. The zero-order valence-electron chi connectivity index (χ0n) is 15.8. The van der Waals surface area contributed by atoms with Crippen LogP contribution < -0.4 is 10.6 Å². The van der Waals surface area contributed by atoms with Crippen molar-refractivity contribution in [3.05, 3.63) is 70.4 Å². The molecule has 7 nitrogen and oxygen atoms in total. The summed E-state index contributed by atoms with van der Waals surface area (Å²) in [5.74, 6) is -0.0840. The van der Waals surface area contributed by atoms with Crippen LogP contribution in [0.25, 0.3) is 11.1 Å². The topological polar surface area (TPSA) is 96.6 Å². The smallest absolute Gasteiger partial charge is 0.302 e. The molecule has 0 saturated heterocycles. The average Bonchev–Trinajstić information content (AvgIpc) is 3.15. The first kappa shape index (κ1) is 18.6. The fourth-order valence-corrected chi connectivity index (χ4v) is 4.11. The molecule has 0 amide bonds. The Morgan fingerprint density at radius 1 is 1.13 bits per heavy atom. The molecule has 2 aromatic carbocycles. The van der Waals surface area contributed by atoms with Crippen LogP contribution in [0, 0.1) is 5.92 Å². The molecule has 0 bridgehead atoms. The molecular weight excluding hydrogens is 404 g/mol. The lowest BCUT2D eigenvalue weighted by Crippen LogP contribution is -2.40. The maximum absolute atomic E-state index is 12.9. The van der Waals surface area contributed by atoms with Crippen LogP contribution in [0.15, 0.2) is 69.2 Å². The largest absolute Gasteiger partial charge is 0.423 e. The minimum atomic E-state index is -0.582. The van der Waals surface area contributed by atoms with Crippen molar-refractivity contribution in [1.82, 2.24) is 10.3 Å². The highest BCUT2D eigenvalue weighted by molar-refractivity contribution is 6.31. The number of aldehydes is 1. The summed E-state index contributed by atoms with van der Waals surface area (Å²) in [6, 6.07) is 14.4. The van der Waals surface area contributed by atoms with Crippen LogP contribution >= 0.6 is 11.6 Å². The van der Waals surface area contributed by atoms with E-state index in [1.54, 1.807) is 6.07 Å². The van der Waals surface area contributed by atoms with Gasteiger partial charge in [0.1, 0.15) is 17.8 Å². The lowest BCUT2D eigenvalue weighted by molar-refractivity contribution is -0.121. The molecule has 0 saturated carbocycles. The van der Waals surface area contributed by atoms with Crippen LogP contribution in [0.1, 0.15) is 24.4 Å². The number of anilines is 1. The van der Waals surface area contributed by atoms with Gasteiger partial charge in [-0.15, -0.1) is 0 Å². The van der Waals surface area contributed by atoms with Crippen LogP contribution in [0.4, 0.5) is 6.01 Å². The lowest BCUT2D eigenvalue weighted by atomic mass is 9.81. The number of ketones is 1. The van der Waals surface area contributed by atoms with Gasteiger partial charge in [-0.05, 0) is 30.2 Å². The van der Waals surface area contributed by atoms with Crippen LogP contribution in [0.5, 0.6) is 0 Å². The molecule has 2 atom stereocenters. The van der Waals surface area contributed by atoms with Crippen molar-refractivity contribution >= 4 is 46.7 Å². The van der Waals surface area contributed by atoms with E-state index in [0.29, 0.717) is 39.8 Å². The summed E-state index contributed by atoms with van der Waals surface area (Å²) in [6.45, 7) is 0. The summed E-state index contributed by atoms with van der Waals surface area (Å²) in [6.07, 6.45) is 1.43. The Bertz CT molecular complexity index is 1200. The first-order valence-corrected chi connectivity index (χ1v) is 9.93. The highest BCUT2D eigenvalue weighted by Crippen LogP contribution is 2.40. The predicted octanol–water partition coefficient (Wildman–Crippen LogP) is 4.03. The van der Waals surface area contributed by atoms with Crippen molar-refractivity contribution in [2.75, 3.05) is 5.32 Å². The molecular formula is C22H17ClN4O3. The van der Waals surface area contributed by atoms with Crippen LogP contribution in [-0.2, 0) is 9.59 Å². The molecule has 150 valence electrons. The molecule has 1 aliphatic carbocycles. The Balaban J connectivity index is 1.55. The van der Waals surface area contributed by atoms with Crippen LogP contribution in [0.2, 0.25) is 5.02 Å². The van der Waals surface area contributed by atoms with Gasteiger partial charge in [0.15, 0.2) is 11.4 Å². The molecule has 2 unspecified atom stereocenters. The molecule has 30 heavy (non-hydrogen) atoms. The molecule has 3 aromatic rings. The fourth-order valence-electron chi connectivity index (χ4n) is 3.87. The summed E-state index contributed by atoms with van der Waals surface area (Å²) in [5, 5.41) is 6.73. The number of halogens is 1. The standard InChI is InChI=1S/C22H17ClN4O3/c23-14-6-2-1-5-13(14)20-19-16(9-12(11-28)10-17(19)29)24-21(26-20)27-22-25-15-7-3-4-8-18(15)30-22/h1-8,11-12,20H,9-10H2,(H2,24,25,26,27). The molecule has 2 heterocycles. The van der Waals surface area contributed by atoms with Crippen molar-refractivity contribution in [1.29, 1.82) is 0 Å². The van der Waals surface area contributed by atoms with Gasteiger partial charge in [-0.1, -0.05) is 41.9 Å². The van der Waals surface area contributed by atoms with Gasteiger partial charge in [0, 0.05) is 28.6 Å². The van der Waals surface area contributed by atoms with E-state index in [9.17, 15) is 9.59 Å². The highest BCUT2D eigenvalue weighted by Gasteiger charge is 2.37. The highest BCUT2D eigenvalue weighted by atomic mass is 35.5. The number of hydrogen-bond donors (Lipinski definition) is 2. The summed E-state index contributed by atoms with van der Waals surface area (Å²) in [7, 11) is 0. The number of hydrogen-bond acceptors (Lipinski definition) is 7. The fraction of sp³-hybridized carbons (Fsp3) is 0.182. The number of aliphatic imine (C=N–C) groups is 1. The van der Waals surface area contributed by atoms with E-state index in [4.69, 9.17) is 21.0 Å². The van der Waals surface area contributed by atoms with E-state index in [1.165, 1.54) is 0 Å². The van der Waals surface area contributed by atoms with Gasteiger partial charge < -0.3 is 14.5 Å². The third-order valence-corrected chi connectivity index (χ3v) is 5.60. The third-order valence-electron chi connectivity index (χ3n) is 5.25. The number of carbonyl (C=O) groups is 2. The Labute approximate surface area is 176 Å². The molecule has 8 heteroatoms. The zero-order chi connectivity index (χ0) is 20.7. The van der Waals surface area contributed by atoms with E-state index < -0.39 is 6.04 Å². The molecule has 0 radical (unpaired) electrons. The first-order chi connectivity index (χ1) is 14.6. The number of aromatic nitrogens is 1. The van der Waals surface area contributed by atoms with Crippen molar-refractivity contribution in [2.24, 2.45) is 10.9 Å². The van der Waals surface area contributed by atoms with Crippen molar-refractivity contribution < 1.29 is 14.0 Å². The maximum atomic E-state index is 12.9. The second-order valence-electron chi connectivity index (χ2n) is 7.26. The number of rotatable bonds is 3. The van der Waals surface area contributed by atoms with Gasteiger partial charge in [-0.3, -0.25) is 10.1 Å². The Kier molecular flexibility index (Phi) is 4.59. The first-order valence-electron chi connectivity index (χ1n) is 9.56. The van der Waals surface area contributed by atoms with E-state index >= 15 is 0 Å². The molecule has 2 aliphatic rings. The molecule has 0 fully saturated rings. The quantitative estimate of drug-likeness (QED) is 0.621. The average molecular weight is 421 g/mol. The van der Waals surface area contributed by atoms with Crippen molar-refractivity contribution in [3.63, 3.8) is 0 Å². The predicted molar refractivity (Wildman–Crippen MR) is 113 cm³/mol. The summed E-state index contributed by atoms with van der Waals surface area (Å²) in [5.41, 5.74) is 3.30. The van der Waals surface area contributed by atoms with Crippen LogP contribution in [-0.4, -0.2) is 23.0 Å². The van der Waals surface area contributed by atoms with E-state index in [1.807, 2.05) is 42.5 Å². The Morgan fingerprint density at radius 3 is 2.73 bits per heavy atom. The SMILES string of the molecule is O=CC1CC(=O)C2=C(C1)NC(Nc1nc3ccccc3o1)=NC2c1ccccc1Cl. The van der Waals surface area contributed by atoms with E-state index in [2.05, 4.69) is 15.6 Å². The lowest BCUT2D eigenvalue weighted by Gasteiger charge is -2.32. The number of para-hydroxylation sites is 2. The normalized spacial score (nSPS) is 21.1. The molecule has 0 spiro atoms. The minimum absolute atomic E-state index is 0.101. The van der Waals surface area contributed by atoms with Gasteiger partial charge in [-0.2, -0.15) is 4.98 Å². The van der Waals surface area contributed by atoms with Gasteiger partial charge >= 0.3 is 6.01 Å². The van der Waals surface area contributed by atoms with Gasteiger partial charge in [-0.25, -0.2) is 4.99 Å². The number of oxazole rings is 1. The van der Waals surface area contributed by atoms with Crippen molar-refractivity contribution in [3.8, 4) is 0 Å². The minimum Gasteiger partial charge on any atom is -0.423 e. The number of fused-ring (bicyclic) bond motifs is 1. The van der Waals surface area contributed by atoms with Crippen LogP contribution in [0.3, 0.4) is 0 Å². The number of nitrogens with one attached hydrogen (secondary N) is 2. The van der Waals surface area contributed by atoms with Gasteiger partial charge in [0.05, 0.1) is 0 Å².